The predicted molar refractivity (Wildman–Crippen MR) is 52.9 cm³/mol. The van der Waals surface area contributed by atoms with Gasteiger partial charge in [-0.3, -0.25) is 0 Å². The van der Waals surface area contributed by atoms with Gasteiger partial charge < -0.3 is 9.53 Å². The second-order valence-corrected chi connectivity index (χ2v) is 5.92. The van der Waals surface area contributed by atoms with Gasteiger partial charge in [-0.25, -0.2) is 8.42 Å². The average Bonchev–Trinajstić information content (AvgIpc) is 2.12. The summed E-state index contributed by atoms with van der Waals surface area (Å²) in [7, 11) is -1.38. The lowest BCUT2D eigenvalue weighted by Gasteiger charge is -2.27. The van der Waals surface area contributed by atoms with Crippen molar-refractivity contribution in [2.75, 3.05) is 18.6 Å². The largest absolute Gasteiger partial charge is 0.381 e. The molecule has 0 aliphatic carbocycles. The molecular weight excluding hydrogens is 204 g/mol. The second-order valence-electron chi connectivity index (χ2n) is 3.69. The highest BCUT2D eigenvalue weighted by atomic mass is 32.2. The topological polar surface area (TPSA) is 60.4 Å². The SMILES string of the molecule is COC(CC=O)C1CCCS(=O)(=O)C1. The first-order chi connectivity index (χ1) is 6.59. The van der Waals surface area contributed by atoms with Gasteiger partial charge in [-0.2, -0.15) is 0 Å². The van der Waals surface area contributed by atoms with Crippen LogP contribution >= 0.6 is 0 Å². The highest BCUT2D eigenvalue weighted by Crippen LogP contribution is 2.24. The Kier molecular flexibility index (Phi) is 4.07. The van der Waals surface area contributed by atoms with Crippen LogP contribution in [0.5, 0.6) is 0 Å². The molecule has 2 unspecified atom stereocenters. The summed E-state index contributed by atoms with van der Waals surface area (Å²) in [4.78, 5) is 10.3. The zero-order chi connectivity index (χ0) is 10.6. The molecule has 1 saturated heterocycles. The van der Waals surface area contributed by atoms with Crippen LogP contribution in [0.2, 0.25) is 0 Å². The molecule has 0 aromatic rings. The molecule has 0 aromatic carbocycles. The van der Waals surface area contributed by atoms with Crippen LogP contribution in [0.25, 0.3) is 0 Å². The van der Waals surface area contributed by atoms with Crippen molar-refractivity contribution < 1.29 is 17.9 Å². The molecule has 1 rings (SSSR count). The second kappa shape index (κ2) is 4.89. The summed E-state index contributed by atoms with van der Waals surface area (Å²) >= 11 is 0. The summed E-state index contributed by atoms with van der Waals surface area (Å²) in [6, 6.07) is 0. The highest BCUT2D eigenvalue weighted by molar-refractivity contribution is 7.91. The van der Waals surface area contributed by atoms with Crippen molar-refractivity contribution in [3.05, 3.63) is 0 Å². The molecule has 0 saturated carbocycles. The van der Waals surface area contributed by atoms with Crippen molar-refractivity contribution in [3.63, 3.8) is 0 Å². The maximum atomic E-state index is 11.3. The van der Waals surface area contributed by atoms with Crippen molar-refractivity contribution in [1.82, 2.24) is 0 Å². The van der Waals surface area contributed by atoms with Crippen molar-refractivity contribution in [2.45, 2.75) is 25.4 Å². The van der Waals surface area contributed by atoms with E-state index in [1.54, 1.807) is 0 Å². The monoisotopic (exact) mass is 220 g/mol. The molecule has 82 valence electrons. The molecule has 2 atom stereocenters. The molecule has 4 nitrogen and oxygen atoms in total. The Labute approximate surface area is 84.6 Å². The Morgan fingerprint density at radius 1 is 1.57 bits per heavy atom. The van der Waals surface area contributed by atoms with Crippen LogP contribution in [0.15, 0.2) is 0 Å². The van der Waals surface area contributed by atoms with E-state index in [1.807, 2.05) is 0 Å². The van der Waals surface area contributed by atoms with Gasteiger partial charge in [-0.05, 0) is 18.8 Å². The van der Waals surface area contributed by atoms with Crippen molar-refractivity contribution >= 4 is 16.1 Å². The maximum Gasteiger partial charge on any atom is 0.150 e. The number of carbonyl (C=O) groups excluding carboxylic acids is 1. The number of aldehydes is 1. The first kappa shape index (κ1) is 11.7. The molecule has 0 aromatic heterocycles. The van der Waals surface area contributed by atoms with E-state index < -0.39 is 9.84 Å². The van der Waals surface area contributed by atoms with E-state index in [4.69, 9.17) is 4.74 Å². The van der Waals surface area contributed by atoms with Gasteiger partial charge in [0.1, 0.15) is 6.29 Å². The zero-order valence-corrected chi connectivity index (χ0v) is 9.13. The third-order valence-corrected chi connectivity index (χ3v) is 4.50. The summed E-state index contributed by atoms with van der Waals surface area (Å²) in [5, 5.41) is 0. The van der Waals surface area contributed by atoms with E-state index in [0.717, 1.165) is 12.7 Å². The fraction of sp³-hybridized carbons (Fsp3) is 0.889. The minimum absolute atomic E-state index is 0.0102. The van der Waals surface area contributed by atoms with E-state index in [2.05, 4.69) is 0 Å². The Morgan fingerprint density at radius 3 is 2.79 bits per heavy atom. The van der Waals surface area contributed by atoms with Gasteiger partial charge in [0.2, 0.25) is 0 Å². The first-order valence-corrected chi connectivity index (χ1v) is 6.58. The van der Waals surface area contributed by atoms with Crippen molar-refractivity contribution in [1.29, 1.82) is 0 Å². The molecule has 0 bridgehead atoms. The fourth-order valence-corrected chi connectivity index (χ4v) is 3.73. The number of carbonyl (C=O) groups is 1. The summed E-state index contributed by atoms with van der Waals surface area (Å²) < 4.78 is 27.8. The van der Waals surface area contributed by atoms with Crippen molar-refractivity contribution in [2.24, 2.45) is 5.92 Å². The molecule has 14 heavy (non-hydrogen) atoms. The summed E-state index contributed by atoms with van der Waals surface area (Å²) in [5.74, 6) is 0.435. The molecule has 1 fully saturated rings. The summed E-state index contributed by atoms with van der Waals surface area (Å²) in [6.45, 7) is 0. The number of sulfone groups is 1. The van der Waals surface area contributed by atoms with Crippen LogP contribution in [-0.2, 0) is 19.4 Å². The molecule has 1 aliphatic rings. The van der Waals surface area contributed by atoms with Crippen molar-refractivity contribution in [3.8, 4) is 0 Å². The number of ether oxygens (including phenoxy) is 1. The average molecular weight is 220 g/mol. The number of methoxy groups -OCH3 is 1. The van der Waals surface area contributed by atoms with Crippen LogP contribution in [0, 0.1) is 5.92 Å². The lowest BCUT2D eigenvalue weighted by Crippen LogP contribution is -2.34. The predicted octanol–water partition coefficient (Wildman–Crippen LogP) is 0.415. The quantitative estimate of drug-likeness (QED) is 0.644. The Balaban J connectivity index is 2.62. The lowest BCUT2D eigenvalue weighted by molar-refractivity contribution is -0.110. The van der Waals surface area contributed by atoms with Crippen LogP contribution in [-0.4, -0.2) is 39.4 Å². The number of rotatable bonds is 4. The molecule has 0 amide bonds. The van der Waals surface area contributed by atoms with Crippen LogP contribution in [0.1, 0.15) is 19.3 Å². The van der Waals surface area contributed by atoms with Gasteiger partial charge >= 0.3 is 0 Å². The fourth-order valence-electron chi connectivity index (χ4n) is 1.93. The van der Waals surface area contributed by atoms with Crippen LogP contribution < -0.4 is 0 Å². The minimum atomic E-state index is -2.90. The lowest BCUT2D eigenvalue weighted by atomic mass is 9.97. The standard InChI is InChI=1S/C9H16O4S/c1-13-9(4-5-10)8-3-2-6-14(11,12)7-8/h5,8-9H,2-4,6-7H2,1H3. The minimum Gasteiger partial charge on any atom is -0.381 e. The van der Waals surface area contributed by atoms with Crippen LogP contribution in [0.3, 0.4) is 0 Å². The summed E-state index contributed by atoms with van der Waals surface area (Å²) in [6.07, 6.45) is 2.37. The molecule has 1 heterocycles. The van der Waals surface area contributed by atoms with Gasteiger partial charge in [0, 0.05) is 13.5 Å². The van der Waals surface area contributed by atoms with E-state index in [0.29, 0.717) is 6.42 Å². The molecule has 5 heteroatoms. The normalized spacial score (nSPS) is 28.2. The smallest absolute Gasteiger partial charge is 0.150 e. The molecule has 1 aliphatic heterocycles. The van der Waals surface area contributed by atoms with Gasteiger partial charge in [-0.15, -0.1) is 0 Å². The molecule has 0 radical (unpaired) electrons. The Bertz CT molecular complexity index is 283. The first-order valence-electron chi connectivity index (χ1n) is 4.76. The zero-order valence-electron chi connectivity index (χ0n) is 8.31. The van der Waals surface area contributed by atoms with Gasteiger partial charge in [0.05, 0.1) is 17.6 Å². The van der Waals surface area contributed by atoms with E-state index in [9.17, 15) is 13.2 Å². The number of hydrogen-bond acceptors (Lipinski definition) is 4. The van der Waals surface area contributed by atoms with E-state index in [1.165, 1.54) is 7.11 Å². The maximum absolute atomic E-state index is 11.3. The van der Waals surface area contributed by atoms with Gasteiger partial charge in [0.25, 0.3) is 0 Å². The third kappa shape index (κ3) is 3.06. The van der Waals surface area contributed by atoms with E-state index in [-0.39, 0.29) is 29.9 Å². The Morgan fingerprint density at radius 2 is 2.29 bits per heavy atom. The molecule has 0 spiro atoms. The molecular formula is C9H16O4S. The van der Waals surface area contributed by atoms with E-state index >= 15 is 0 Å². The highest BCUT2D eigenvalue weighted by Gasteiger charge is 2.30. The van der Waals surface area contributed by atoms with Gasteiger partial charge in [0.15, 0.2) is 9.84 Å². The van der Waals surface area contributed by atoms with Crippen LogP contribution in [0.4, 0.5) is 0 Å². The molecule has 0 N–H and O–H groups in total. The summed E-state index contributed by atoms with van der Waals surface area (Å²) in [5.41, 5.74) is 0. The Hall–Kier alpha value is -0.420. The number of hydrogen-bond donors (Lipinski definition) is 0. The third-order valence-electron chi connectivity index (χ3n) is 2.66. The van der Waals surface area contributed by atoms with Gasteiger partial charge in [-0.1, -0.05) is 0 Å².